The molecule has 0 amide bonds. The van der Waals surface area contributed by atoms with Crippen molar-refractivity contribution in [2.45, 2.75) is 44.9 Å². The van der Waals surface area contributed by atoms with Crippen molar-refractivity contribution in [3.05, 3.63) is 47.5 Å². The van der Waals surface area contributed by atoms with Crippen molar-refractivity contribution < 1.29 is 4.74 Å². The van der Waals surface area contributed by atoms with Gasteiger partial charge in [0.15, 0.2) is 0 Å². The third-order valence-electron chi connectivity index (χ3n) is 4.33. The summed E-state index contributed by atoms with van der Waals surface area (Å²) in [5.74, 6) is 1.38. The van der Waals surface area contributed by atoms with Crippen molar-refractivity contribution >= 4 is 0 Å². The normalized spacial score (nSPS) is 22.3. The number of rotatable bonds is 6. The van der Waals surface area contributed by atoms with E-state index < -0.39 is 0 Å². The van der Waals surface area contributed by atoms with Gasteiger partial charge in [-0.15, -0.1) is 0 Å². The van der Waals surface area contributed by atoms with Crippen LogP contribution in [0.2, 0.25) is 0 Å². The average molecular weight is 283 g/mol. The summed E-state index contributed by atoms with van der Waals surface area (Å²) < 4.78 is 5.72. The zero-order valence-corrected chi connectivity index (χ0v) is 12.9. The lowest BCUT2D eigenvalue weighted by molar-refractivity contribution is 0.102. The Morgan fingerprint density at radius 3 is 2.48 bits per heavy atom. The molecule has 21 heavy (non-hydrogen) atoms. The first-order valence-electron chi connectivity index (χ1n) is 8.06. The van der Waals surface area contributed by atoms with Gasteiger partial charge >= 0.3 is 0 Å². The van der Waals surface area contributed by atoms with Gasteiger partial charge in [-0.25, -0.2) is 0 Å². The van der Waals surface area contributed by atoms with Crippen molar-refractivity contribution in [3.63, 3.8) is 0 Å². The van der Waals surface area contributed by atoms with Crippen molar-refractivity contribution in [3.8, 4) is 6.07 Å². The molecule has 0 heterocycles. The summed E-state index contributed by atoms with van der Waals surface area (Å²) in [5.41, 5.74) is 2.14. The van der Waals surface area contributed by atoms with Crippen LogP contribution < -0.4 is 0 Å². The van der Waals surface area contributed by atoms with E-state index in [0.29, 0.717) is 5.92 Å². The van der Waals surface area contributed by atoms with Crippen LogP contribution >= 0.6 is 0 Å². The van der Waals surface area contributed by atoms with E-state index in [1.54, 1.807) is 0 Å². The third-order valence-corrected chi connectivity index (χ3v) is 4.33. The summed E-state index contributed by atoms with van der Waals surface area (Å²) >= 11 is 0. The van der Waals surface area contributed by atoms with E-state index in [2.05, 4.69) is 37.3 Å². The number of benzene rings is 1. The molecule has 0 radical (unpaired) electrons. The Morgan fingerprint density at radius 2 is 1.86 bits per heavy atom. The van der Waals surface area contributed by atoms with Gasteiger partial charge in [0.25, 0.3) is 0 Å². The second-order valence-corrected chi connectivity index (χ2v) is 5.87. The number of allylic oxidation sites excluding steroid dienone is 1. The third kappa shape index (κ3) is 5.02. The quantitative estimate of drug-likeness (QED) is 0.554. The Bertz CT molecular complexity index is 475. The van der Waals surface area contributed by atoms with Gasteiger partial charge in [0.2, 0.25) is 0 Å². The molecule has 0 spiro atoms. The zero-order chi connectivity index (χ0) is 14.9. The molecule has 2 rings (SSSR count). The van der Waals surface area contributed by atoms with E-state index in [9.17, 15) is 0 Å². The molecule has 1 aliphatic carbocycles. The second kappa shape index (κ2) is 8.64. The van der Waals surface area contributed by atoms with Gasteiger partial charge in [-0.2, -0.15) is 5.26 Å². The maximum Gasteiger partial charge on any atom is 0.0991 e. The van der Waals surface area contributed by atoms with Crippen LogP contribution in [0.5, 0.6) is 0 Å². The highest BCUT2D eigenvalue weighted by atomic mass is 16.5. The van der Waals surface area contributed by atoms with E-state index in [4.69, 9.17) is 10.00 Å². The maximum atomic E-state index is 8.84. The van der Waals surface area contributed by atoms with E-state index in [1.165, 1.54) is 31.2 Å². The number of hydrogen-bond donors (Lipinski definition) is 0. The summed E-state index contributed by atoms with van der Waals surface area (Å²) in [6.07, 6.45) is 10.3. The molecule has 0 atom stereocenters. The molecule has 0 N–H and O–H groups in total. The molecule has 0 unspecified atom stereocenters. The Morgan fingerprint density at radius 1 is 1.14 bits per heavy atom. The molecule has 0 aromatic heterocycles. The largest absolute Gasteiger partial charge is 0.377 e. The van der Waals surface area contributed by atoms with E-state index >= 15 is 0 Å². The minimum absolute atomic E-state index is 0.661. The lowest BCUT2D eigenvalue weighted by Crippen LogP contribution is -2.18. The monoisotopic (exact) mass is 283 g/mol. The molecule has 0 aliphatic heterocycles. The Labute approximate surface area is 128 Å². The SMILES string of the molecule is CCC=CCOCC1CCC(c2ccc(C#N)cc2)CC1. The van der Waals surface area contributed by atoms with Crippen molar-refractivity contribution in [1.29, 1.82) is 5.26 Å². The summed E-state index contributed by atoms with van der Waals surface area (Å²) in [7, 11) is 0. The van der Waals surface area contributed by atoms with Crippen LogP contribution in [0.25, 0.3) is 0 Å². The highest BCUT2D eigenvalue weighted by Gasteiger charge is 2.22. The maximum absolute atomic E-state index is 8.84. The Kier molecular flexibility index (Phi) is 6.50. The first-order valence-corrected chi connectivity index (χ1v) is 8.06. The highest BCUT2D eigenvalue weighted by Crippen LogP contribution is 2.35. The molecule has 112 valence electrons. The highest BCUT2D eigenvalue weighted by molar-refractivity contribution is 5.33. The topological polar surface area (TPSA) is 33.0 Å². The first-order chi connectivity index (χ1) is 10.3. The fourth-order valence-electron chi connectivity index (χ4n) is 3.03. The summed E-state index contributed by atoms with van der Waals surface area (Å²) in [6.45, 7) is 3.79. The van der Waals surface area contributed by atoms with Gasteiger partial charge in [0.1, 0.15) is 0 Å². The molecule has 1 aromatic rings. The Balaban J connectivity index is 1.72. The Hall–Kier alpha value is -1.59. The van der Waals surface area contributed by atoms with Crippen molar-refractivity contribution in [2.24, 2.45) is 5.92 Å². The van der Waals surface area contributed by atoms with Crippen LogP contribution in [-0.4, -0.2) is 13.2 Å². The standard InChI is InChI=1S/C19H25NO/c1-2-3-4-13-21-15-17-7-11-19(12-8-17)18-9-5-16(14-20)6-10-18/h3-6,9-10,17,19H,2,7-8,11-13,15H2,1H3. The summed E-state index contributed by atoms with van der Waals surface area (Å²) in [6, 6.07) is 10.3. The number of nitriles is 1. The van der Waals surface area contributed by atoms with E-state index in [-0.39, 0.29) is 0 Å². The molecular weight excluding hydrogens is 258 g/mol. The van der Waals surface area contributed by atoms with Crippen LogP contribution in [-0.2, 0) is 4.74 Å². The van der Waals surface area contributed by atoms with Crippen LogP contribution in [0.1, 0.15) is 56.1 Å². The fourth-order valence-corrected chi connectivity index (χ4v) is 3.03. The second-order valence-electron chi connectivity index (χ2n) is 5.87. The molecule has 2 heteroatoms. The molecule has 1 saturated carbocycles. The zero-order valence-electron chi connectivity index (χ0n) is 12.9. The van der Waals surface area contributed by atoms with E-state index in [0.717, 1.165) is 31.1 Å². The predicted octanol–water partition coefficient (Wildman–Crippen LogP) is 4.81. The van der Waals surface area contributed by atoms with Gasteiger partial charge in [-0.05, 0) is 61.6 Å². The molecule has 2 nitrogen and oxygen atoms in total. The van der Waals surface area contributed by atoms with Gasteiger partial charge in [-0.1, -0.05) is 31.2 Å². The van der Waals surface area contributed by atoms with Crippen LogP contribution in [0.3, 0.4) is 0 Å². The van der Waals surface area contributed by atoms with E-state index in [1.807, 2.05) is 12.1 Å². The average Bonchev–Trinajstić information content (AvgIpc) is 2.55. The van der Waals surface area contributed by atoms with Crippen LogP contribution in [0.4, 0.5) is 0 Å². The summed E-state index contributed by atoms with van der Waals surface area (Å²) in [5, 5.41) is 8.84. The van der Waals surface area contributed by atoms with Gasteiger partial charge in [0.05, 0.1) is 18.2 Å². The number of ether oxygens (including phenoxy) is 1. The predicted molar refractivity (Wildman–Crippen MR) is 86.1 cm³/mol. The smallest absolute Gasteiger partial charge is 0.0991 e. The molecule has 0 saturated heterocycles. The van der Waals surface area contributed by atoms with Crippen LogP contribution in [0.15, 0.2) is 36.4 Å². The fraction of sp³-hybridized carbons (Fsp3) is 0.526. The van der Waals surface area contributed by atoms with Gasteiger partial charge in [-0.3, -0.25) is 0 Å². The van der Waals surface area contributed by atoms with Crippen molar-refractivity contribution in [2.75, 3.05) is 13.2 Å². The lowest BCUT2D eigenvalue weighted by Gasteiger charge is -2.28. The number of hydrogen-bond acceptors (Lipinski definition) is 2. The number of nitrogens with zero attached hydrogens (tertiary/aromatic N) is 1. The minimum atomic E-state index is 0.661. The minimum Gasteiger partial charge on any atom is -0.377 e. The molecular formula is C19H25NO. The lowest BCUT2D eigenvalue weighted by atomic mass is 9.79. The first kappa shape index (κ1) is 15.8. The van der Waals surface area contributed by atoms with Gasteiger partial charge < -0.3 is 4.74 Å². The molecule has 1 aromatic carbocycles. The molecule has 0 bridgehead atoms. The summed E-state index contributed by atoms with van der Waals surface area (Å²) in [4.78, 5) is 0. The van der Waals surface area contributed by atoms with Gasteiger partial charge in [0, 0.05) is 6.61 Å². The van der Waals surface area contributed by atoms with Crippen LogP contribution in [0, 0.1) is 17.2 Å². The molecule has 1 fully saturated rings. The molecule has 1 aliphatic rings. The van der Waals surface area contributed by atoms with Crippen molar-refractivity contribution in [1.82, 2.24) is 0 Å².